The van der Waals surface area contributed by atoms with Crippen LogP contribution in [0.5, 0.6) is 0 Å². The molecule has 1 saturated carbocycles. The molecule has 5 nitrogen and oxygen atoms in total. The van der Waals surface area contributed by atoms with Crippen molar-refractivity contribution >= 4 is 27.9 Å². The molecule has 1 atom stereocenters. The molecule has 1 aromatic rings. The van der Waals surface area contributed by atoms with Crippen molar-refractivity contribution in [2.75, 3.05) is 44.9 Å². The second kappa shape index (κ2) is 5.50. The highest BCUT2D eigenvalue weighted by atomic mass is 32.1. The van der Waals surface area contributed by atoms with Crippen molar-refractivity contribution in [3.8, 4) is 0 Å². The highest BCUT2D eigenvalue weighted by Gasteiger charge is 2.36. The largest absolute Gasteiger partial charge is 0.397 e. The van der Waals surface area contributed by atoms with Gasteiger partial charge in [0.15, 0.2) is 0 Å². The number of nitrogens with two attached hydrogens (primary N) is 1. The van der Waals surface area contributed by atoms with Crippen LogP contribution in [0.25, 0.3) is 0 Å². The SMILES string of the molecule is COC1CCN(c2sc(C(=O)N(C)C)c(N)c2C2CC2)C1. The van der Waals surface area contributed by atoms with Crippen LogP contribution in [0.1, 0.15) is 40.4 Å². The summed E-state index contributed by atoms with van der Waals surface area (Å²) >= 11 is 1.55. The zero-order chi connectivity index (χ0) is 15.1. The summed E-state index contributed by atoms with van der Waals surface area (Å²) in [6.45, 7) is 1.87. The monoisotopic (exact) mass is 309 g/mol. The third kappa shape index (κ3) is 2.62. The van der Waals surface area contributed by atoms with Gasteiger partial charge in [-0.2, -0.15) is 0 Å². The Hall–Kier alpha value is -1.27. The first-order valence-corrected chi connectivity index (χ1v) is 8.26. The number of carbonyl (C=O) groups excluding carboxylic acids is 1. The molecule has 0 bridgehead atoms. The molecule has 6 heteroatoms. The predicted octanol–water partition coefficient (Wildman–Crippen LogP) is 2.13. The maximum absolute atomic E-state index is 12.3. The molecule has 1 unspecified atom stereocenters. The number of thiophene rings is 1. The van der Waals surface area contributed by atoms with Crippen molar-refractivity contribution in [1.29, 1.82) is 0 Å². The van der Waals surface area contributed by atoms with Gasteiger partial charge in [-0.1, -0.05) is 0 Å². The fourth-order valence-electron chi connectivity index (χ4n) is 2.91. The van der Waals surface area contributed by atoms with Crippen LogP contribution in [0.2, 0.25) is 0 Å². The van der Waals surface area contributed by atoms with E-state index in [1.165, 1.54) is 23.4 Å². The second-order valence-electron chi connectivity index (χ2n) is 6.13. The Labute approximate surface area is 129 Å². The van der Waals surface area contributed by atoms with E-state index in [-0.39, 0.29) is 12.0 Å². The maximum Gasteiger partial charge on any atom is 0.265 e. The lowest BCUT2D eigenvalue weighted by molar-refractivity contribution is 0.0833. The third-order valence-corrected chi connectivity index (χ3v) is 5.59. The van der Waals surface area contributed by atoms with E-state index in [1.807, 2.05) is 0 Å². The lowest BCUT2D eigenvalue weighted by Crippen LogP contribution is -2.22. The second-order valence-corrected chi connectivity index (χ2v) is 7.13. The summed E-state index contributed by atoms with van der Waals surface area (Å²) in [7, 11) is 5.31. The van der Waals surface area contributed by atoms with Gasteiger partial charge in [0.05, 0.1) is 16.8 Å². The summed E-state index contributed by atoms with van der Waals surface area (Å²) < 4.78 is 5.46. The maximum atomic E-state index is 12.3. The van der Waals surface area contributed by atoms with E-state index in [4.69, 9.17) is 10.5 Å². The van der Waals surface area contributed by atoms with E-state index >= 15 is 0 Å². The minimum Gasteiger partial charge on any atom is -0.397 e. The number of hydrogen-bond acceptors (Lipinski definition) is 5. The van der Waals surface area contributed by atoms with Crippen molar-refractivity contribution in [2.24, 2.45) is 0 Å². The molecule has 1 aliphatic heterocycles. The van der Waals surface area contributed by atoms with Gasteiger partial charge >= 0.3 is 0 Å². The van der Waals surface area contributed by atoms with Gasteiger partial charge in [-0.25, -0.2) is 0 Å². The van der Waals surface area contributed by atoms with Crippen molar-refractivity contribution in [2.45, 2.75) is 31.3 Å². The number of nitrogen functional groups attached to an aromatic ring is 1. The number of methoxy groups -OCH3 is 1. The van der Waals surface area contributed by atoms with Gasteiger partial charge in [-0.3, -0.25) is 4.79 Å². The van der Waals surface area contributed by atoms with E-state index in [9.17, 15) is 4.79 Å². The molecule has 0 spiro atoms. The Morgan fingerprint density at radius 1 is 1.38 bits per heavy atom. The Kier molecular flexibility index (Phi) is 3.84. The van der Waals surface area contributed by atoms with E-state index in [1.54, 1.807) is 37.4 Å². The molecular weight excluding hydrogens is 286 g/mol. The van der Waals surface area contributed by atoms with Gasteiger partial charge in [0.25, 0.3) is 5.91 Å². The van der Waals surface area contributed by atoms with Crippen LogP contribution in [0, 0.1) is 0 Å². The fraction of sp³-hybridized carbons (Fsp3) is 0.667. The number of carbonyl (C=O) groups is 1. The number of ether oxygens (including phenoxy) is 1. The van der Waals surface area contributed by atoms with Gasteiger partial charge < -0.3 is 20.3 Å². The first-order valence-electron chi connectivity index (χ1n) is 7.44. The predicted molar refractivity (Wildman–Crippen MR) is 86.4 cm³/mol. The number of rotatable bonds is 4. The summed E-state index contributed by atoms with van der Waals surface area (Å²) in [5.74, 6) is 0.551. The Morgan fingerprint density at radius 3 is 2.62 bits per heavy atom. The molecule has 21 heavy (non-hydrogen) atoms. The first kappa shape index (κ1) is 14.7. The fourth-order valence-corrected chi connectivity index (χ4v) is 4.28. The lowest BCUT2D eigenvalue weighted by atomic mass is 10.1. The van der Waals surface area contributed by atoms with Crippen LogP contribution in [0.4, 0.5) is 10.7 Å². The minimum absolute atomic E-state index is 0.00754. The molecule has 0 aromatic carbocycles. The topological polar surface area (TPSA) is 58.8 Å². The standard InChI is InChI=1S/C15H23N3O2S/c1-17(2)14(19)13-12(16)11(9-4-5-9)15(21-13)18-7-6-10(8-18)20-3/h9-10H,4-8,16H2,1-3H3. The number of nitrogens with zero attached hydrogens (tertiary/aromatic N) is 2. The number of anilines is 2. The summed E-state index contributed by atoms with van der Waals surface area (Å²) in [4.78, 5) is 17.0. The smallest absolute Gasteiger partial charge is 0.265 e. The molecular formula is C15H23N3O2S. The van der Waals surface area contributed by atoms with Crippen molar-refractivity contribution in [3.63, 3.8) is 0 Å². The van der Waals surface area contributed by atoms with Crippen LogP contribution < -0.4 is 10.6 Å². The molecule has 2 N–H and O–H groups in total. The summed E-state index contributed by atoms with van der Waals surface area (Å²) in [6.07, 6.45) is 3.69. The lowest BCUT2D eigenvalue weighted by Gasteiger charge is -2.18. The molecule has 2 heterocycles. The molecule has 3 rings (SSSR count). The van der Waals surface area contributed by atoms with Gasteiger partial charge in [0.1, 0.15) is 4.88 Å². The van der Waals surface area contributed by atoms with Crippen LogP contribution in [-0.4, -0.2) is 51.2 Å². The van der Waals surface area contributed by atoms with Crippen molar-refractivity contribution < 1.29 is 9.53 Å². The quantitative estimate of drug-likeness (QED) is 0.926. The average molecular weight is 309 g/mol. The van der Waals surface area contributed by atoms with Gasteiger partial charge in [0, 0.05) is 39.9 Å². The van der Waals surface area contributed by atoms with Crippen LogP contribution in [0.3, 0.4) is 0 Å². The molecule has 1 aromatic heterocycles. The molecule has 2 fully saturated rings. The summed E-state index contributed by atoms with van der Waals surface area (Å²) in [6, 6.07) is 0. The van der Waals surface area contributed by atoms with Gasteiger partial charge in [-0.05, 0) is 25.2 Å². The van der Waals surface area contributed by atoms with Crippen LogP contribution in [-0.2, 0) is 4.74 Å². The number of amides is 1. The van der Waals surface area contributed by atoms with Gasteiger partial charge in [-0.15, -0.1) is 11.3 Å². The van der Waals surface area contributed by atoms with Crippen molar-refractivity contribution in [1.82, 2.24) is 4.90 Å². The molecule has 0 radical (unpaired) electrons. The number of hydrogen-bond donors (Lipinski definition) is 1. The molecule has 1 amide bonds. The summed E-state index contributed by atoms with van der Waals surface area (Å²) in [5, 5.41) is 1.19. The molecule has 116 valence electrons. The molecule has 1 aliphatic carbocycles. The zero-order valence-corrected chi connectivity index (χ0v) is 13.7. The van der Waals surface area contributed by atoms with E-state index in [2.05, 4.69) is 4.90 Å². The van der Waals surface area contributed by atoms with E-state index < -0.39 is 0 Å². The Morgan fingerprint density at radius 2 is 2.10 bits per heavy atom. The summed E-state index contributed by atoms with van der Waals surface area (Å²) in [5.41, 5.74) is 8.24. The highest BCUT2D eigenvalue weighted by Crippen LogP contribution is 2.52. The molecule has 1 saturated heterocycles. The normalized spacial score (nSPS) is 21.9. The Balaban J connectivity index is 1.96. The van der Waals surface area contributed by atoms with Gasteiger partial charge in [0.2, 0.25) is 0 Å². The van der Waals surface area contributed by atoms with Crippen molar-refractivity contribution in [3.05, 3.63) is 10.4 Å². The zero-order valence-electron chi connectivity index (χ0n) is 12.9. The molecule has 2 aliphatic rings. The average Bonchev–Trinajstić information content (AvgIpc) is 3.07. The van der Waals surface area contributed by atoms with Crippen LogP contribution in [0.15, 0.2) is 0 Å². The van der Waals surface area contributed by atoms with E-state index in [0.717, 1.165) is 19.5 Å². The first-order chi connectivity index (χ1) is 10.0. The van der Waals surface area contributed by atoms with Crippen LogP contribution >= 0.6 is 11.3 Å². The Bertz CT molecular complexity index is 551. The van der Waals surface area contributed by atoms with E-state index in [0.29, 0.717) is 16.5 Å². The third-order valence-electron chi connectivity index (χ3n) is 4.32. The highest BCUT2D eigenvalue weighted by molar-refractivity contribution is 7.18. The minimum atomic E-state index is 0.00754.